The largest absolute Gasteiger partial charge is 0.377 e. The lowest BCUT2D eigenvalue weighted by Crippen LogP contribution is -2.25. The molecule has 2 aromatic heterocycles. The Kier molecular flexibility index (Phi) is 5.32. The van der Waals surface area contributed by atoms with E-state index in [2.05, 4.69) is 37.1 Å². The monoisotopic (exact) mass is 292 g/mol. The number of aromatic nitrogens is 4. The van der Waals surface area contributed by atoms with E-state index in [0.29, 0.717) is 18.2 Å². The Balaban J connectivity index is 2.17. The molecule has 0 fully saturated rings. The Labute approximate surface area is 125 Å². The van der Waals surface area contributed by atoms with Crippen LogP contribution in [-0.2, 0) is 4.74 Å². The highest BCUT2D eigenvalue weighted by Gasteiger charge is 2.13. The van der Waals surface area contributed by atoms with Crippen molar-refractivity contribution in [3.63, 3.8) is 0 Å². The molecule has 0 amide bonds. The summed E-state index contributed by atoms with van der Waals surface area (Å²) in [4.78, 5) is 18.4. The zero-order valence-corrected chi connectivity index (χ0v) is 13.2. The van der Waals surface area contributed by atoms with E-state index in [-0.39, 0.29) is 6.10 Å². The fourth-order valence-corrected chi connectivity index (χ4v) is 1.94. The van der Waals surface area contributed by atoms with E-state index >= 15 is 0 Å². The van der Waals surface area contributed by atoms with Gasteiger partial charge in [-0.25, -0.2) is 4.98 Å². The molecule has 116 valence electrons. The summed E-state index contributed by atoms with van der Waals surface area (Å²) in [5, 5.41) is 3.21. The Hall–Kier alpha value is -1.89. The normalized spacial score (nSPS) is 11.3. The van der Waals surface area contributed by atoms with Crippen molar-refractivity contribution >= 4 is 22.9 Å². The quantitative estimate of drug-likeness (QED) is 0.775. The molecule has 0 aromatic carbocycles. The Morgan fingerprint density at radius 1 is 1.38 bits per heavy atom. The van der Waals surface area contributed by atoms with Crippen molar-refractivity contribution in [2.24, 2.45) is 0 Å². The number of likely N-dealkylation sites (N-methyl/N-ethyl adjacent to an activating group) is 1. The van der Waals surface area contributed by atoms with Gasteiger partial charge in [-0.05, 0) is 20.3 Å². The number of imidazole rings is 1. The van der Waals surface area contributed by atoms with E-state index in [9.17, 15) is 0 Å². The summed E-state index contributed by atoms with van der Waals surface area (Å²) in [6, 6.07) is 0. The van der Waals surface area contributed by atoms with E-state index in [1.165, 1.54) is 0 Å². The molecular weight excluding hydrogens is 268 g/mol. The van der Waals surface area contributed by atoms with Crippen LogP contribution in [0.5, 0.6) is 0 Å². The molecule has 0 unspecified atom stereocenters. The summed E-state index contributed by atoms with van der Waals surface area (Å²) in [6.07, 6.45) is 2.90. The molecule has 21 heavy (non-hydrogen) atoms. The number of hydrogen-bond donors (Lipinski definition) is 2. The first kappa shape index (κ1) is 15.5. The minimum atomic E-state index is 0.234. The summed E-state index contributed by atoms with van der Waals surface area (Å²) in [5.41, 5.74) is 1.53. The van der Waals surface area contributed by atoms with E-state index in [4.69, 9.17) is 4.74 Å². The van der Waals surface area contributed by atoms with E-state index in [1.807, 2.05) is 20.9 Å². The van der Waals surface area contributed by atoms with Gasteiger partial charge < -0.3 is 19.9 Å². The fraction of sp³-hybridized carbons (Fsp3) is 0.643. The number of nitrogens with one attached hydrogen (secondary N) is 2. The van der Waals surface area contributed by atoms with E-state index < -0.39 is 0 Å². The van der Waals surface area contributed by atoms with Crippen molar-refractivity contribution < 1.29 is 4.74 Å². The van der Waals surface area contributed by atoms with Crippen molar-refractivity contribution in [3.8, 4) is 0 Å². The molecule has 0 aliphatic rings. The van der Waals surface area contributed by atoms with Crippen molar-refractivity contribution in [1.29, 1.82) is 0 Å². The van der Waals surface area contributed by atoms with Crippen LogP contribution in [0, 0.1) is 0 Å². The lowest BCUT2D eigenvalue weighted by Gasteiger charge is -2.20. The molecule has 7 nitrogen and oxygen atoms in total. The maximum absolute atomic E-state index is 5.60. The molecule has 0 saturated heterocycles. The maximum Gasteiger partial charge on any atom is 0.226 e. The van der Waals surface area contributed by atoms with Crippen LogP contribution >= 0.6 is 0 Å². The van der Waals surface area contributed by atoms with Gasteiger partial charge in [-0.1, -0.05) is 6.92 Å². The third kappa shape index (κ3) is 4.04. The molecule has 0 atom stereocenters. The minimum absolute atomic E-state index is 0.234. The molecule has 2 aromatic rings. The summed E-state index contributed by atoms with van der Waals surface area (Å²) < 4.78 is 5.60. The first-order valence-electron chi connectivity index (χ1n) is 7.39. The first-order chi connectivity index (χ1) is 10.1. The van der Waals surface area contributed by atoms with Crippen LogP contribution in [0.15, 0.2) is 6.33 Å². The first-order valence-corrected chi connectivity index (χ1v) is 7.39. The Morgan fingerprint density at radius 2 is 2.19 bits per heavy atom. The van der Waals surface area contributed by atoms with Gasteiger partial charge in [-0.2, -0.15) is 9.97 Å². The van der Waals surface area contributed by atoms with Crippen LogP contribution in [0.4, 0.5) is 11.8 Å². The second kappa shape index (κ2) is 7.21. The second-order valence-electron chi connectivity index (χ2n) is 5.24. The molecule has 7 heteroatoms. The van der Waals surface area contributed by atoms with Gasteiger partial charge in [0.2, 0.25) is 5.95 Å². The number of fused-ring (bicyclic) bond motifs is 1. The second-order valence-corrected chi connectivity index (χ2v) is 5.24. The van der Waals surface area contributed by atoms with Gasteiger partial charge >= 0.3 is 0 Å². The number of aromatic amines is 1. The molecule has 0 aliphatic carbocycles. The molecule has 2 rings (SSSR count). The van der Waals surface area contributed by atoms with Crippen molar-refractivity contribution in [1.82, 2.24) is 19.9 Å². The van der Waals surface area contributed by atoms with Gasteiger partial charge in [0, 0.05) is 20.1 Å². The third-order valence-corrected chi connectivity index (χ3v) is 3.04. The highest BCUT2D eigenvalue weighted by molar-refractivity contribution is 5.84. The maximum atomic E-state index is 5.60. The van der Waals surface area contributed by atoms with Crippen LogP contribution in [0.25, 0.3) is 11.2 Å². The predicted octanol–water partition coefficient (Wildman–Crippen LogP) is 2.04. The van der Waals surface area contributed by atoms with E-state index in [1.54, 1.807) is 6.33 Å². The zero-order chi connectivity index (χ0) is 15.2. The predicted molar refractivity (Wildman–Crippen MR) is 84.8 cm³/mol. The minimum Gasteiger partial charge on any atom is -0.377 e. The molecule has 2 N–H and O–H groups in total. The molecular formula is C14H24N6O. The van der Waals surface area contributed by atoms with Crippen LogP contribution in [0.2, 0.25) is 0 Å². The number of anilines is 2. The number of hydrogen-bond acceptors (Lipinski definition) is 6. The van der Waals surface area contributed by atoms with Crippen LogP contribution in [0.1, 0.15) is 27.2 Å². The molecule has 0 aliphatic heterocycles. The van der Waals surface area contributed by atoms with Crippen molar-refractivity contribution in [2.45, 2.75) is 33.3 Å². The standard InChI is InChI=1S/C14H24N6O/c1-5-6-15-14-18-12-11(16-9-17-12)13(19-14)20(4)7-8-21-10(2)3/h9-10H,5-8H2,1-4H3,(H2,15,16,17,18,19). The van der Waals surface area contributed by atoms with Crippen molar-refractivity contribution in [2.75, 3.05) is 37.0 Å². The lowest BCUT2D eigenvalue weighted by molar-refractivity contribution is 0.0845. The van der Waals surface area contributed by atoms with E-state index in [0.717, 1.165) is 30.8 Å². The van der Waals surface area contributed by atoms with Gasteiger partial charge in [0.15, 0.2) is 11.5 Å². The van der Waals surface area contributed by atoms with Gasteiger partial charge in [-0.3, -0.25) is 0 Å². The lowest BCUT2D eigenvalue weighted by atomic mass is 10.4. The highest BCUT2D eigenvalue weighted by atomic mass is 16.5. The number of rotatable bonds is 8. The van der Waals surface area contributed by atoms with Gasteiger partial charge in [0.05, 0.1) is 19.0 Å². The number of H-pyrrole nitrogens is 1. The summed E-state index contributed by atoms with van der Waals surface area (Å²) in [5.74, 6) is 1.45. The molecule has 2 heterocycles. The van der Waals surface area contributed by atoms with Crippen molar-refractivity contribution in [3.05, 3.63) is 6.33 Å². The average molecular weight is 292 g/mol. The summed E-state index contributed by atoms with van der Waals surface area (Å²) >= 11 is 0. The number of nitrogens with zero attached hydrogens (tertiary/aromatic N) is 4. The molecule has 0 saturated carbocycles. The van der Waals surface area contributed by atoms with Gasteiger partial charge in [-0.15, -0.1) is 0 Å². The van der Waals surface area contributed by atoms with Gasteiger partial charge in [0.1, 0.15) is 5.52 Å². The Morgan fingerprint density at radius 3 is 2.90 bits per heavy atom. The number of ether oxygens (including phenoxy) is 1. The van der Waals surface area contributed by atoms with Gasteiger partial charge in [0.25, 0.3) is 0 Å². The smallest absolute Gasteiger partial charge is 0.226 e. The zero-order valence-electron chi connectivity index (χ0n) is 13.2. The van der Waals surface area contributed by atoms with Crippen LogP contribution in [-0.4, -0.2) is 52.8 Å². The fourth-order valence-electron chi connectivity index (χ4n) is 1.94. The highest BCUT2D eigenvalue weighted by Crippen LogP contribution is 2.21. The van der Waals surface area contributed by atoms with Crippen LogP contribution < -0.4 is 10.2 Å². The SMILES string of the molecule is CCCNc1nc(N(C)CCOC(C)C)c2[nH]cnc2n1. The molecule has 0 bridgehead atoms. The molecule has 0 spiro atoms. The average Bonchev–Trinajstić information content (AvgIpc) is 2.91. The summed E-state index contributed by atoms with van der Waals surface area (Å²) in [6.45, 7) is 8.43. The van der Waals surface area contributed by atoms with Crippen LogP contribution in [0.3, 0.4) is 0 Å². The summed E-state index contributed by atoms with van der Waals surface area (Å²) in [7, 11) is 2.00. The third-order valence-electron chi connectivity index (χ3n) is 3.04. The topological polar surface area (TPSA) is 79.0 Å². The Bertz CT molecular complexity index is 568. The molecule has 0 radical (unpaired) electrons.